The molecule has 0 aliphatic heterocycles. The lowest BCUT2D eigenvalue weighted by molar-refractivity contribution is 0.187. The Balaban J connectivity index is 1.97. The van der Waals surface area contributed by atoms with Crippen LogP contribution in [-0.4, -0.2) is 24.3 Å². The molecule has 0 aliphatic rings. The van der Waals surface area contributed by atoms with E-state index in [9.17, 15) is 4.79 Å². The van der Waals surface area contributed by atoms with Crippen molar-refractivity contribution in [1.82, 2.24) is 4.98 Å². The number of methoxy groups -OCH3 is 1. The minimum absolute atomic E-state index is 0.151. The molecule has 0 bridgehead atoms. The van der Waals surface area contributed by atoms with Crippen molar-refractivity contribution in [1.29, 1.82) is 0 Å². The molecule has 0 aliphatic carbocycles. The molecule has 2 aromatic rings. The second-order valence-corrected chi connectivity index (χ2v) is 4.86. The van der Waals surface area contributed by atoms with Gasteiger partial charge in [-0.3, -0.25) is 5.32 Å². The van der Waals surface area contributed by atoms with Crippen LogP contribution in [0.1, 0.15) is 13.8 Å². The Labute approximate surface area is 129 Å². The highest BCUT2D eigenvalue weighted by Gasteiger charge is 2.02. The van der Waals surface area contributed by atoms with E-state index in [1.807, 2.05) is 44.2 Å². The minimum Gasteiger partial charge on any atom is -0.491 e. The molecule has 1 aromatic carbocycles. The molecule has 22 heavy (non-hydrogen) atoms. The zero-order chi connectivity index (χ0) is 15.9. The Hall–Kier alpha value is -2.76. The summed E-state index contributed by atoms with van der Waals surface area (Å²) in [5.41, 5.74) is 1.74. The molecule has 0 unspecified atom stereocenters. The normalized spacial score (nSPS) is 10.2. The number of ether oxygens (including phenoxy) is 2. The second-order valence-electron chi connectivity index (χ2n) is 4.86. The first-order valence-electron chi connectivity index (χ1n) is 6.91. The van der Waals surface area contributed by atoms with Crippen LogP contribution < -0.4 is 15.4 Å². The van der Waals surface area contributed by atoms with Crippen molar-refractivity contribution < 1.29 is 14.3 Å². The van der Waals surface area contributed by atoms with Crippen LogP contribution in [0.15, 0.2) is 42.6 Å². The van der Waals surface area contributed by atoms with Gasteiger partial charge in [0.1, 0.15) is 11.6 Å². The largest absolute Gasteiger partial charge is 0.491 e. The van der Waals surface area contributed by atoms with Crippen molar-refractivity contribution in [2.24, 2.45) is 0 Å². The van der Waals surface area contributed by atoms with Crippen molar-refractivity contribution >= 4 is 23.3 Å². The summed E-state index contributed by atoms with van der Waals surface area (Å²) < 4.78 is 10.1. The molecule has 0 fully saturated rings. The Bertz CT molecular complexity index is 610. The Morgan fingerprint density at radius 2 is 1.77 bits per heavy atom. The van der Waals surface area contributed by atoms with Crippen LogP contribution in [0, 0.1) is 0 Å². The molecule has 6 nitrogen and oxygen atoms in total. The van der Waals surface area contributed by atoms with E-state index in [0.717, 1.165) is 17.1 Å². The predicted molar refractivity (Wildman–Crippen MR) is 85.8 cm³/mol. The van der Waals surface area contributed by atoms with Gasteiger partial charge in [0.05, 0.1) is 25.1 Å². The summed E-state index contributed by atoms with van der Waals surface area (Å²) in [6.07, 6.45) is 1.23. The highest BCUT2D eigenvalue weighted by molar-refractivity contribution is 5.83. The van der Waals surface area contributed by atoms with Crippen molar-refractivity contribution in [2.75, 3.05) is 17.7 Å². The highest BCUT2D eigenvalue weighted by atomic mass is 16.5. The van der Waals surface area contributed by atoms with Gasteiger partial charge >= 0.3 is 6.09 Å². The average molecular weight is 301 g/mol. The number of anilines is 3. The van der Waals surface area contributed by atoms with E-state index in [1.54, 1.807) is 12.3 Å². The Morgan fingerprint density at radius 1 is 1.09 bits per heavy atom. The van der Waals surface area contributed by atoms with E-state index >= 15 is 0 Å². The third-order valence-corrected chi connectivity index (χ3v) is 2.69. The van der Waals surface area contributed by atoms with E-state index in [1.165, 1.54) is 7.11 Å². The van der Waals surface area contributed by atoms with Crippen LogP contribution in [0.5, 0.6) is 5.75 Å². The van der Waals surface area contributed by atoms with Gasteiger partial charge < -0.3 is 14.8 Å². The molecule has 0 spiro atoms. The van der Waals surface area contributed by atoms with Gasteiger partial charge in [0, 0.05) is 5.69 Å². The lowest BCUT2D eigenvalue weighted by atomic mass is 10.3. The highest BCUT2D eigenvalue weighted by Crippen LogP contribution is 2.21. The van der Waals surface area contributed by atoms with Gasteiger partial charge in [-0.1, -0.05) is 0 Å². The number of pyridine rings is 1. The summed E-state index contributed by atoms with van der Waals surface area (Å²) in [5, 5.41) is 5.71. The molecule has 116 valence electrons. The number of benzene rings is 1. The van der Waals surface area contributed by atoms with E-state index < -0.39 is 6.09 Å². The number of rotatable bonds is 5. The fourth-order valence-electron chi connectivity index (χ4n) is 1.75. The Kier molecular flexibility index (Phi) is 5.19. The van der Waals surface area contributed by atoms with Gasteiger partial charge in [-0.25, -0.2) is 9.78 Å². The quantitative estimate of drug-likeness (QED) is 0.879. The number of amides is 1. The molecule has 1 heterocycles. The monoisotopic (exact) mass is 301 g/mol. The maximum atomic E-state index is 11.1. The van der Waals surface area contributed by atoms with Crippen molar-refractivity contribution in [3.8, 4) is 5.75 Å². The van der Waals surface area contributed by atoms with Gasteiger partial charge in [0.2, 0.25) is 0 Å². The second kappa shape index (κ2) is 7.31. The molecule has 2 N–H and O–H groups in total. The molecule has 2 rings (SSSR count). The molecule has 0 atom stereocenters. The minimum atomic E-state index is -0.547. The van der Waals surface area contributed by atoms with E-state index in [0.29, 0.717) is 5.82 Å². The summed E-state index contributed by atoms with van der Waals surface area (Å²) >= 11 is 0. The first-order valence-corrected chi connectivity index (χ1v) is 6.91. The fourth-order valence-corrected chi connectivity index (χ4v) is 1.75. The van der Waals surface area contributed by atoms with Crippen LogP contribution in [0.4, 0.5) is 22.0 Å². The molecule has 0 radical (unpaired) electrons. The van der Waals surface area contributed by atoms with Gasteiger partial charge in [-0.05, 0) is 50.2 Å². The number of carbonyl (C=O) groups excluding carboxylic acids is 1. The first kappa shape index (κ1) is 15.6. The summed E-state index contributed by atoms with van der Waals surface area (Å²) in [6, 6.07) is 11.2. The molecule has 6 heteroatoms. The van der Waals surface area contributed by atoms with Crippen LogP contribution in [0.3, 0.4) is 0 Å². The van der Waals surface area contributed by atoms with Gasteiger partial charge in [-0.15, -0.1) is 0 Å². The molecular formula is C16H19N3O3. The van der Waals surface area contributed by atoms with Crippen LogP contribution in [-0.2, 0) is 4.74 Å². The standard InChI is InChI=1S/C16H19N3O3/c1-11(2)22-14-7-4-12(5-8-14)18-13-6-9-15(17-10-13)19-16(20)21-3/h4-11,18H,1-3H3,(H,17,19,20). The number of carbonyl (C=O) groups is 1. The average Bonchev–Trinajstić information content (AvgIpc) is 2.50. The van der Waals surface area contributed by atoms with Crippen LogP contribution in [0.25, 0.3) is 0 Å². The SMILES string of the molecule is COC(=O)Nc1ccc(Nc2ccc(OC(C)C)cc2)cn1. The van der Waals surface area contributed by atoms with E-state index in [-0.39, 0.29) is 6.10 Å². The van der Waals surface area contributed by atoms with E-state index in [2.05, 4.69) is 20.4 Å². The number of nitrogens with zero attached hydrogens (tertiary/aromatic N) is 1. The maximum absolute atomic E-state index is 11.1. The van der Waals surface area contributed by atoms with Gasteiger partial charge in [-0.2, -0.15) is 0 Å². The zero-order valence-electron chi connectivity index (χ0n) is 12.8. The lowest BCUT2D eigenvalue weighted by Gasteiger charge is -2.11. The van der Waals surface area contributed by atoms with Crippen LogP contribution in [0.2, 0.25) is 0 Å². The number of hydrogen-bond donors (Lipinski definition) is 2. The molecule has 1 aromatic heterocycles. The summed E-state index contributed by atoms with van der Waals surface area (Å²) in [4.78, 5) is 15.2. The van der Waals surface area contributed by atoms with Crippen molar-refractivity contribution in [3.63, 3.8) is 0 Å². The third kappa shape index (κ3) is 4.66. The maximum Gasteiger partial charge on any atom is 0.412 e. The molecule has 0 saturated carbocycles. The summed E-state index contributed by atoms with van der Waals surface area (Å²) in [7, 11) is 1.30. The van der Waals surface area contributed by atoms with Crippen molar-refractivity contribution in [3.05, 3.63) is 42.6 Å². The molecule has 0 saturated heterocycles. The van der Waals surface area contributed by atoms with Crippen molar-refractivity contribution in [2.45, 2.75) is 20.0 Å². The topological polar surface area (TPSA) is 72.5 Å². The summed E-state index contributed by atoms with van der Waals surface area (Å²) in [6.45, 7) is 3.98. The van der Waals surface area contributed by atoms with Gasteiger partial charge in [0.25, 0.3) is 0 Å². The van der Waals surface area contributed by atoms with Gasteiger partial charge in [0.15, 0.2) is 0 Å². The third-order valence-electron chi connectivity index (χ3n) is 2.69. The first-order chi connectivity index (χ1) is 10.6. The fraction of sp³-hybridized carbons (Fsp3) is 0.250. The molecular weight excluding hydrogens is 282 g/mol. The lowest BCUT2D eigenvalue weighted by Crippen LogP contribution is -2.11. The van der Waals surface area contributed by atoms with E-state index in [4.69, 9.17) is 4.74 Å². The molecule has 1 amide bonds. The number of nitrogens with one attached hydrogen (secondary N) is 2. The zero-order valence-corrected chi connectivity index (χ0v) is 12.8. The number of hydrogen-bond acceptors (Lipinski definition) is 5. The van der Waals surface area contributed by atoms with Crippen LogP contribution >= 0.6 is 0 Å². The predicted octanol–water partition coefficient (Wildman–Crippen LogP) is 3.79. The Morgan fingerprint density at radius 3 is 2.32 bits per heavy atom. The number of aromatic nitrogens is 1. The summed E-state index contributed by atoms with van der Waals surface area (Å²) in [5.74, 6) is 1.26. The smallest absolute Gasteiger partial charge is 0.412 e.